The average Bonchev–Trinajstić information content (AvgIpc) is 2.33. The number of fused-ring (bicyclic) bond motifs is 2. The van der Waals surface area contributed by atoms with Crippen LogP contribution >= 0.6 is 11.6 Å². The van der Waals surface area contributed by atoms with Crippen LogP contribution in [0.5, 0.6) is 0 Å². The highest BCUT2D eigenvalue weighted by Gasteiger charge is 2.49. The summed E-state index contributed by atoms with van der Waals surface area (Å²) < 4.78 is 0. The zero-order valence-electron chi connectivity index (χ0n) is 9.18. The molecule has 1 nitrogen and oxygen atoms in total. The van der Waals surface area contributed by atoms with Crippen molar-refractivity contribution < 1.29 is 4.79 Å². The van der Waals surface area contributed by atoms with Gasteiger partial charge in [0.1, 0.15) is 0 Å². The lowest BCUT2D eigenvalue weighted by molar-refractivity contribution is -0.114. The molecule has 3 aliphatic carbocycles. The van der Waals surface area contributed by atoms with Crippen LogP contribution in [-0.2, 0) is 4.79 Å². The molecule has 3 aliphatic rings. The summed E-state index contributed by atoms with van der Waals surface area (Å²) in [5.41, 5.74) is 0.317. The van der Waals surface area contributed by atoms with Crippen LogP contribution in [0.1, 0.15) is 51.4 Å². The van der Waals surface area contributed by atoms with Crippen molar-refractivity contribution in [3.63, 3.8) is 0 Å². The zero-order chi connectivity index (χ0) is 10.5. The van der Waals surface area contributed by atoms with Crippen LogP contribution in [0.4, 0.5) is 0 Å². The van der Waals surface area contributed by atoms with Gasteiger partial charge < -0.3 is 0 Å². The monoisotopic (exact) mass is 226 g/mol. The first kappa shape index (κ1) is 10.1. The molecule has 0 aromatic heterocycles. The first-order chi connectivity index (χ1) is 7.17. The van der Waals surface area contributed by atoms with Gasteiger partial charge in [-0.25, -0.2) is 0 Å². The van der Waals surface area contributed by atoms with Crippen LogP contribution in [0.3, 0.4) is 0 Å². The minimum atomic E-state index is -0.102. The van der Waals surface area contributed by atoms with Crippen molar-refractivity contribution in [1.82, 2.24) is 0 Å². The molecule has 0 saturated heterocycles. The van der Waals surface area contributed by atoms with Crippen molar-refractivity contribution in [1.29, 1.82) is 0 Å². The van der Waals surface area contributed by atoms with Gasteiger partial charge in [-0.05, 0) is 66.9 Å². The molecule has 3 bridgehead atoms. The third-order valence-electron chi connectivity index (χ3n) is 5.15. The van der Waals surface area contributed by atoms with Crippen LogP contribution in [0, 0.1) is 23.2 Å². The normalized spacial score (nSPS) is 47.9. The van der Waals surface area contributed by atoms with Gasteiger partial charge in [-0.1, -0.05) is 12.8 Å². The largest absolute Gasteiger partial charge is 0.281 e. The lowest BCUT2D eigenvalue weighted by atomic mass is 9.66. The quantitative estimate of drug-likeness (QED) is 0.656. The Kier molecular flexibility index (Phi) is 2.35. The molecule has 15 heavy (non-hydrogen) atoms. The summed E-state index contributed by atoms with van der Waals surface area (Å²) in [7, 11) is 0. The topological polar surface area (TPSA) is 17.1 Å². The Morgan fingerprint density at radius 1 is 1.27 bits per heavy atom. The number of carbonyl (C=O) groups is 1. The third-order valence-corrected chi connectivity index (χ3v) is 5.29. The van der Waals surface area contributed by atoms with Crippen molar-refractivity contribution >= 4 is 16.8 Å². The molecule has 2 heteroatoms. The van der Waals surface area contributed by atoms with Crippen LogP contribution in [0.15, 0.2) is 0 Å². The maximum atomic E-state index is 11.2. The van der Waals surface area contributed by atoms with E-state index in [0.717, 1.165) is 17.8 Å². The first-order valence-corrected chi connectivity index (χ1v) is 6.73. The molecule has 3 unspecified atom stereocenters. The number of rotatable bonds is 2. The van der Waals surface area contributed by atoms with Crippen molar-refractivity contribution in [3.8, 4) is 0 Å². The fourth-order valence-corrected chi connectivity index (χ4v) is 5.11. The van der Waals surface area contributed by atoms with Crippen LogP contribution in [0.25, 0.3) is 0 Å². The van der Waals surface area contributed by atoms with Gasteiger partial charge in [0, 0.05) is 6.42 Å². The summed E-state index contributed by atoms with van der Waals surface area (Å²) in [6.07, 6.45) is 10.1. The van der Waals surface area contributed by atoms with E-state index < -0.39 is 0 Å². The molecule has 0 spiro atoms. The number of hydrogen-bond donors (Lipinski definition) is 0. The van der Waals surface area contributed by atoms with Crippen LogP contribution < -0.4 is 0 Å². The second-order valence-electron chi connectivity index (χ2n) is 6.19. The predicted octanol–water partition coefficient (Wildman–Crippen LogP) is 3.75. The maximum Gasteiger partial charge on any atom is 0.222 e. The molecule has 4 atom stereocenters. The Morgan fingerprint density at radius 2 is 2.07 bits per heavy atom. The van der Waals surface area contributed by atoms with E-state index in [0.29, 0.717) is 11.8 Å². The molecule has 3 rings (SSSR count). The van der Waals surface area contributed by atoms with Crippen molar-refractivity contribution in [2.45, 2.75) is 51.4 Å². The number of carbonyl (C=O) groups excluding carboxylic acids is 1. The van der Waals surface area contributed by atoms with E-state index in [1.807, 2.05) is 0 Å². The Bertz CT molecular complexity index is 288. The van der Waals surface area contributed by atoms with Gasteiger partial charge in [-0.2, -0.15) is 0 Å². The van der Waals surface area contributed by atoms with Crippen LogP contribution in [0.2, 0.25) is 0 Å². The minimum Gasteiger partial charge on any atom is -0.281 e. The zero-order valence-corrected chi connectivity index (χ0v) is 9.93. The van der Waals surface area contributed by atoms with E-state index in [1.54, 1.807) is 0 Å². The molecule has 84 valence electrons. The third kappa shape index (κ3) is 1.73. The summed E-state index contributed by atoms with van der Waals surface area (Å²) in [5, 5.41) is -0.102. The van der Waals surface area contributed by atoms with Gasteiger partial charge in [0.25, 0.3) is 0 Å². The van der Waals surface area contributed by atoms with Gasteiger partial charge in [0.15, 0.2) is 0 Å². The Hall–Kier alpha value is -0.0400. The van der Waals surface area contributed by atoms with E-state index in [2.05, 4.69) is 0 Å². The van der Waals surface area contributed by atoms with Gasteiger partial charge in [0.2, 0.25) is 5.24 Å². The van der Waals surface area contributed by atoms with Crippen molar-refractivity contribution in [2.24, 2.45) is 23.2 Å². The molecule has 3 fully saturated rings. The maximum absolute atomic E-state index is 11.2. The fourth-order valence-electron chi connectivity index (χ4n) is 4.83. The molecule has 0 aliphatic heterocycles. The lowest BCUT2D eigenvalue weighted by Gasteiger charge is -2.39. The van der Waals surface area contributed by atoms with Gasteiger partial charge >= 0.3 is 0 Å². The van der Waals surface area contributed by atoms with Crippen molar-refractivity contribution in [3.05, 3.63) is 0 Å². The molecule has 0 aromatic rings. The molecule has 3 saturated carbocycles. The molecule has 0 N–H and O–H groups in total. The molecule has 0 radical (unpaired) electrons. The summed E-state index contributed by atoms with van der Waals surface area (Å²) in [6.45, 7) is 0. The average molecular weight is 227 g/mol. The van der Waals surface area contributed by atoms with E-state index in [4.69, 9.17) is 11.6 Å². The summed E-state index contributed by atoms with van der Waals surface area (Å²) >= 11 is 5.63. The van der Waals surface area contributed by atoms with E-state index in [9.17, 15) is 4.79 Å². The fraction of sp³-hybridized carbons (Fsp3) is 0.923. The second-order valence-corrected chi connectivity index (χ2v) is 6.61. The molecule has 0 amide bonds. The summed E-state index contributed by atoms with van der Waals surface area (Å²) in [5.74, 6) is 2.84. The van der Waals surface area contributed by atoms with E-state index in [1.165, 1.54) is 44.9 Å². The highest BCUT2D eigenvalue weighted by Crippen LogP contribution is 2.60. The molecular weight excluding hydrogens is 208 g/mol. The first-order valence-electron chi connectivity index (χ1n) is 6.35. The summed E-state index contributed by atoms with van der Waals surface area (Å²) in [6, 6.07) is 0. The summed E-state index contributed by atoms with van der Waals surface area (Å²) in [4.78, 5) is 11.2. The van der Waals surface area contributed by atoms with E-state index >= 15 is 0 Å². The SMILES string of the molecule is O=C(Cl)C[C@]12CCCC3CC(CC3C1)C2. The number of hydrogen-bond acceptors (Lipinski definition) is 1. The Morgan fingerprint density at radius 3 is 2.87 bits per heavy atom. The number of halogens is 1. The van der Waals surface area contributed by atoms with E-state index in [-0.39, 0.29) is 5.24 Å². The minimum absolute atomic E-state index is 0.102. The molecule has 0 heterocycles. The standard InChI is InChI=1S/C13H19ClO/c14-12(15)8-13-3-1-2-10-4-9(6-13)5-11(10)7-13/h9-11H,1-8H2/t9?,10?,11?,13-/m0/s1. The molecular formula is C13H19ClO. The lowest BCUT2D eigenvalue weighted by Crippen LogP contribution is -2.30. The van der Waals surface area contributed by atoms with Gasteiger partial charge in [-0.15, -0.1) is 0 Å². The highest BCUT2D eigenvalue weighted by atomic mass is 35.5. The second kappa shape index (κ2) is 3.48. The predicted molar refractivity (Wildman–Crippen MR) is 60.7 cm³/mol. The highest BCUT2D eigenvalue weighted by molar-refractivity contribution is 6.63. The van der Waals surface area contributed by atoms with Gasteiger partial charge in [0.05, 0.1) is 0 Å². The van der Waals surface area contributed by atoms with Crippen LogP contribution in [-0.4, -0.2) is 5.24 Å². The van der Waals surface area contributed by atoms with Gasteiger partial charge in [-0.3, -0.25) is 4.79 Å². The molecule has 0 aromatic carbocycles. The van der Waals surface area contributed by atoms with Crippen molar-refractivity contribution in [2.75, 3.05) is 0 Å². The Balaban J connectivity index is 1.86. The Labute approximate surface area is 96.6 Å². The smallest absolute Gasteiger partial charge is 0.222 e.